The molecule has 0 saturated carbocycles. The first-order valence-corrected chi connectivity index (χ1v) is 9.23. The summed E-state index contributed by atoms with van der Waals surface area (Å²) >= 11 is 0. The zero-order valence-corrected chi connectivity index (χ0v) is 15.0. The summed E-state index contributed by atoms with van der Waals surface area (Å²) in [7, 11) is -3.62. The molecule has 0 aromatic heterocycles. The highest BCUT2D eigenvalue weighted by molar-refractivity contribution is 7.89. The average Bonchev–Trinajstić information content (AvgIpc) is 2.47. The molecule has 0 amide bonds. The van der Waals surface area contributed by atoms with Gasteiger partial charge in [0.05, 0.1) is 4.90 Å². The van der Waals surface area contributed by atoms with Crippen LogP contribution in [0.15, 0.2) is 53.4 Å². The van der Waals surface area contributed by atoms with Crippen LogP contribution in [0.3, 0.4) is 0 Å². The first-order valence-electron chi connectivity index (χ1n) is 7.75. The molecule has 6 heteroatoms. The smallest absolute Gasteiger partial charge is 0.241 e. The maximum Gasteiger partial charge on any atom is 0.241 e. The van der Waals surface area contributed by atoms with E-state index in [9.17, 15) is 12.8 Å². The van der Waals surface area contributed by atoms with E-state index in [1.165, 1.54) is 6.07 Å². The van der Waals surface area contributed by atoms with Crippen molar-refractivity contribution >= 4 is 10.0 Å². The minimum absolute atomic E-state index is 0.237. The molecular formula is C18H23FN2O2S. The monoisotopic (exact) mass is 350 g/mol. The van der Waals surface area contributed by atoms with Crippen molar-refractivity contribution in [2.75, 3.05) is 0 Å². The van der Waals surface area contributed by atoms with E-state index < -0.39 is 15.6 Å². The van der Waals surface area contributed by atoms with Gasteiger partial charge < -0.3 is 5.32 Å². The van der Waals surface area contributed by atoms with Gasteiger partial charge in [0, 0.05) is 24.2 Å². The summed E-state index contributed by atoms with van der Waals surface area (Å²) in [6.45, 7) is 6.04. The second-order valence-electron chi connectivity index (χ2n) is 6.66. The van der Waals surface area contributed by atoms with Gasteiger partial charge in [-0.05, 0) is 38.5 Å². The molecule has 130 valence electrons. The lowest BCUT2D eigenvalue weighted by atomic mass is 10.1. The fraction of sp³-hybridized carbons (Fsp3) is 0.333. The van der Waals surface area contributed by atoms with Crippen LogP contribution in [0.5, 0.6) is 0 Å². The molecule has 4 nitrogen and oxygen atoms in total. The van der Waals surface area contributed by atoms with E-state index in [4.69, 9.17) is 0 Å². The van der Waals surface area contributed by atoms with Gasteiger partial charge in [0.25, 0.3) is 0 Å². The largest absolute Gasteiger partial charge is 0.308 e. The van der Waals surface area contributed by atoms with Crippen LogP contribution in [0.1, 0.15) is 31.9 Å². The molecule has 0 atom stereocenters. The molecular weight excluding hydrogens is 327 g/mol. The number of hydrogen-bond donors (Lipinski definition) is 2. The third kappa shape index (κ3) is 5.12. The predicted molar refractivity (Wildman–Crippen MR) is 93.5 cm³/mol. The Labute approximate surface area is 143 Å². The molecule has 0 saturated heterocycles. The van der Waals surface area contributed by atoms with Crippen LogP contribution in [0, 0.1) is 5.82 Å². The lowest BCUT2D eigenvalue weighted by molar-refractivity contribution is 0.490. The van der Waals surface area contributed by atoms with Crippen LogP contribution in [0.4, 0.5) is 4.39 Å². The summed E-state index contributed by atoms with van der Waals surface area (Å²) in [5.41, 5.74) is 0.628. The Morgan fingerprint density at radius 3 is 2.08 bits per heavy atom. The predicted octanol–water partition coefficient (Wildman–Crippen LogP) is 3.19. The molecule has 0 unspecified atom stereocenters. The average molecular weight is 350 g/mol. The number of halogens is 1. The van der Waals surface area contributed by atoms with E-state index in [-0.39, 0.29) is 10.7 Å². The van der Waals surface area contributed by atoms with Crippen molar-refractivity contribution in [1.29, 1.82) is 0 Å². The molecule has 24 heavy (non-hydrogen) atoms. The summed E-state index contributed by atoms with van der Waals surface area (Å²) in [5, 5.41) is 3.10. The highest BCUT2D eigenvalue weighted by Gasteiger charge is 2.24. The molecule has 2 aromatic rings. The standard InChI is InChI=1S/C18H23FN2O2S/c1-18(2,3)21-24(22,23)17-11-7-5-9-15(17)13-20-12-14-8-4-6-10-16(14)19/h4-11,20-21H,12-13H2,1-3H3. The third-order valence-electron chi connectivity index (χ3n) is 3.29. The second kappa shape index (κ2) is 7.42. The molecule has 0 aliphatic carbocycles. The molecule has 0 radical (unpaired) electrons. The van der Waals surface area contributed by atoms with Crippen molar-refractivity contribution in [2.24, 2.45) is 0 Å². The third-order valence-corrected chi connectivity index (χ3v) is 5.15. The van der Waals surface area contributed by atoms with Crippen molar-refractivity contribution < 1.29 is 12.8 Å². The maximum atomic E-state index is 13.6. The molecule has 0 spiro atoms. The zero-order valence-electron chi connectivity index (χ0n) is 14.1. The van der Waals surface area contributed by atoms with Crippen LogP contribution < -0.4 is 10.0 Å². The summed E-state index contributed by atoms with van der Waals surface area (Å²) < 4.78 is 41.4. The Kier molecular flexibility index (Phi) is 5.74. The van der Waals surface area contributed by atoms with E-state index in [0.717, 1.165) is 0 Å². The lowest BCUT2D eigenvalue weighted by Gasteiger charge is -2.21. The fourth-order valence-electron chi connectivity index (χ4n) is 2.34. The van der Waals surface area contributed by atoms with Gasteiger partial charge in [-0.2, -0.15) is 0 Å². The molecule has 0 aliphatic rings. The van der Waals surface area contributed by atoms with Crippen molar-refractivity contribution in [3.05, 3.63) is 65.5 Å². The second-order valence-corrected chi connectivity index (χ2v) is 8.31. The van der Waals surface area contributed by atoms with Crippen LogP contribution in [-0.4, -0.2) is 14.0 Å². The van der Waals surface area contributed by atoms with E-state index in [0.29, 0.717) is 24.2 Å². The minimum Gasteiger partial charge on any atom is -0.308 e. The van der Waals surface area contributed by atoms with Gasteiger partial charge in [-0.25, -0.2) is 17.5 Å². The zero-order chi connectivity index (χ0) is 17.8. The lowest BCUT2D eigenvalue weighted by Crippen LogP contribution is -2.40. The minimum atomic E-state index is -3.62. The Morgan fingerprint density at radius 2 is 1.46 bits per heavy atom. The SMILES string of the molecule is CC(C)(C)NS(=O)(=O)c1ccccc1CNCc1ccccc1F. The van der Waals surface area contributed by atoms with Crippen LogP contribution in [0.25, 0.3) is 0 Å². The molecule has 0 fully saturated rings. The molecule has 0 aliphatic heterocycles. The summed E-state index contributed by atoms with van der Waals surface area (Å²) in [5.74, 6) is -0.277. The van der Waals surface area contributed by atoms with Gasteiger partial charge in [0.2, 0.25) is 10.0 Å². The van der Waals surface area contributed by atoms with Gasteiger partial charge in [-0.3, -0.25) is 0 Å². The highest BCUT2D eigenvalue weighted by Crippen LogP contribution is 2.18. The Morgan fingerprint density at radius 1 is 0.917 bits per heavy atom. The van der Waals surface area contributed by atoms with Gasteiger partial charge in [0.1, 0.15) is 5.82 Å². The topological polar surface area (TPSA) is 58.2 Å². The van der Waals surface area contributed by atoms with Gasteiger partial charge in [0.15, 0.2) is 0 Å². The normalized spacial score (nSPS) is 12.3. The first-order chi connectivity index (χ1) is 11.2. The van der Waals surface area contributed by atoms with Crippen molar-refractivity contribution in [1.82, 2.24) is 10.0 Å². The fourth-order valence-corrected chi connectivity index (χ4v) is 4.00. The number of nitrogens with one attached hydrogen (secondary N) is 2. The molecule has 2 rings (SSSR count). The van der Waals surface area contributed by atoms with Gasteiger partial charge in [-0.15, -0.1) is 0 Å². The van der Waals surface area contributed by atoms with Gasteiger partial charge in [-0.1, -0.05) is 36.4 Å². The number of benzene rings is 2. The van der Waals surface area contributed by atoms with E-state index in [2.05, 4.69) is 10.0 Å². The van der Waals surface area contributed by atoms with Crippen molar-refractivity contribution in [3.63, 3.8) is 0 Å². The Balaban J connectivity index is 2.13. The quantitative estimate of drug-likeness (QED) is 0.841. The van der Waals surface area contributed by atoms with E-state index in [1.54, 1.807) is 63.2 Å². The number of hydrogen-bond acceptors (Lipinski definition) is 3. The van der Waals surface area contributed by atoms with E-state index >= 15 is 0 Å². The van der Waals surface area contributed by atoms with E-state index in [1.807, 2.05) is 0 Å². The van der Waals surface area contributed by atoms with Gasteiger partial charge >= 0.3 is 0 Å². The molecule has 0 bridgehead atoms. The number of sulfonamides is 1. The number of rotatable bonds is 6. The Bertz CT molecular complexity index is 799. The first kappa shape index (κ1) is 18.6. The molecule has 2 aromatic carbocycles. The summed E-state index contributed by atoms with van der Waals surface area (Å²) in [4.78, 5) is 0.237. The molecule has 2 N–H and O–H groups in total. The Hall–Kier alpha value is -1.76. The van der Waals surface area contributed by atoms with Crippen LogP contribution >= 0.6 is 0 Å². The van der Waals surface area contributed by atoms with Crippen LogP contribution in [0.2, 0.25) is 0 Å². The maximum absolute atomic E-state index is 13.6. The highest BCUT2D eigenvalue weighted by atomic mass is 32.2. The van der Waals surface area contributed by atoms with Crippen molar-refractivity contribution in [2.45, 2.75) is 44.3 Å². The van der Waals surface area contributed by atoms with Crippen LogP contribution in [-0.2, 0) is 23.1 Å². The summed E-state index contributed by atoms with van der Waals surface area (Å²) in [6.07, 6.45) is 0. The van der Waals surface area contributed by atoms with Crippen molar-refractivity contribution in [3.8, 4) is 0 Å². The molecule has 0 heterocycles. The summed E-state index contributed by atoms with van der Waals surface area (Å²) in [6, 6.07) is 13.3.